The van der Waals surface area contributed by atoms with Crippen molar-refractivity contribution in [3.63, 3.8) is 0 Å². The molecule has 2 saturated heterocycles. The number of benzene rings is 2. The van der Waals surface area contributed by atoms with Crippen LogP contribution >= 0.6 is 0 Å². The van der Waals surface area contributed by atoms with Gasteiger partial charge in [0.15, 0.2) is 0 Å². The summed E-state index contributed by atoms with van der Waals surface area (Å²) in [5.74, 6) is 4.65. The number of anilines is 1. The third kappa shape index (κ3) is 7.60. The molecule has 4 aliphatic rings. The van der Waals surface area contributed by atoms with Gasteiger partial charge in [-0.2, -0.15) is 9.97 Å². The van der Waals surface area contributed by atoms with Crippen molar-refractivity contribution >= 4 is 22.5 Å². The average molecular weight is 679 g/mol. The van der Waals surface area contributed by atoms with Gasteiger partial charge in [-0.05, 0) is 87.9 Å². The van der Waals surface area contributed by atoms with Gasteiger partial charge in [-0.1, -0.05) is 31.1 Å². The minimum absolute atomic E-state index is 0.0650. The van der Waals surface area contributed by atoms with Crippen LogP contribution in [0.4, 0.5) is 5.82 Å². The van der Waals surface area contributed by atoms with Gasteiger partial charge < -0.3 is 29.3 Å². The number of hydrogen-bond donors (Lipinski definition) is 1. The molecule has 10 heteroatoms. The first-order valence-electron chi connectivity index (χ1n) is 18.1. The molecule has 1 unspecified atom stereocenters. The highest BCUT2D eigenvalue weighted by Crippen LogP contribution is 2.46. The molecule has 7 rings (SSSR count). The number of aromatic hydroxyl groups is 1. The fourth-order valence-corrected chi connectivity index (χ4v) is 7.78. The van der Waals surface area contributed by atoms with Gasteiger partial charge in [-0.3, -0.25) is 9.69 Å². The number of rotatable bonds is 10. The smallest absolute Gasteiger partial charge is 0.318 e. The Bertz CT molecular complexity index is 1780. The SMILES string of the molecule is C#Cc1cccc2cc(O)cc(C3Cc4nc(OCC5(CN(C)C)CC5)nc(N5CCN(C(=O)/C=C/CN6CCC(C)CC6)CC5)c4CO3)c12. The fourth-order valence-electron chi connectivity index (χ4n) is 7.78. The standard InChI is InChI=1S/C40H50N6O4/c1-5-29-8-6-9-30-22-31(47)23-32(37(29)30)35-24-34-33(25-49-35)38(42-39(41-34)50-27-40(13-14-40)26-43(3)4)46-20-18-45(19-21-46)36(48)10-7-15-44-16-11-28(2)12-17-44/h1,6-10,22-23,28,35,47H,11-21,24-27H2,2-4H3/b10-7+. The van der Waals surface area contributed by atoms with Crippen LogP contribution in [0.15, 0.2) is 42.5 Å². The molecule has 4 heterocycles. The number of piperazine rings is 1. The Morgan fingerprint density at radius 2 is 1.92 bits per heavy atom. The molecular formula is C40H50N6O4. The Morgan fingerprint density at radius 1 is 1.14 bits per heavy atom. The van der Waals surface area contributed by atoms with E-state index in [0.29, 0.717) is 51.8 Å². The molecule has 3 aromatic rings. The monoisotopic (exact) mass is 678 g/mol. The molecule has 0 bridgehead atoms. The maximum absolute atomic E-state index is 13.1. The van der Waals surface area contributed by atoms with E-state index in [4.69, 9.17) is 25.9 Å². The summed E-state index contributed by atoms with van der Waals surface area (Å²) < 4.78 is 12.9. The Morgan fingerprint density at radius 3 is 2.64 bits per heavy atom. The number of likely N-dealkylation sites (tertiary alicyclic amines) is 1. The normalized spacial score (nSPS) is 21.1. The van der Waals surface area contributed by atoms with Crippen LogP contribution in [-0.2, 0) is 22.6 Å². The van der Waals surface area contributed by atoms with Gasteiger partial charge in [-0.25, -0.2) is 0 Å². The van der Waals surface area contributed by atoms with Crippen LogP contribution in [0.3, 0.4) is 0 Å². The lowest BCUT2D eigenvalue weighted by Gasteiger charge is -2.37. The zero-order valence-corrected chi connectivity index (χ0v) is 29.7. The second kappa shape index (κ2) is 14.6. The molecule has 2 aromatic carbocycles. The molecule has 10 nitrogen and oxygen atoms in total. The van der Waals surface area contributed by atoms with Gasteiger partial charge in [0, 0.05) is 73.7 Å². The van der Waals surface area contributed by atoms with Crippen LogP contribution < -0.4 is 9.64 Å². The number of hydrogen-bond acceptors (Lipinski definition) is 9. The van der Waals surface area contributed by atoms with Crippen LogP contribution in [-0.4, -0.2) is 109 Å². The molecule has 3 aliphatic heterocycles. The van der Waals surface area contributed by atoms with E-state index in [1.165, 1.54) is 12.8 Å². The summed E-state index contributed by atoms with van der Waals surface area (Å²) in [6, 6.07) is 9.65. The highest BCUT2D eigenvalue weighted by molar-refractivity contribution is 5.92. The van der Waals surface area contributed by atoms with E-state index in [1.54, 1.807) is 18.2 Å². The molecular weight excluding hydrogens is 628 g/mol. The minimum atomic E-state index is -0.361. The van der Waals surface area contributed by atoms with Crippen molar-refractivity contribution in [3.8, 4) is 24.1 Å². The Labute approximate surface area is 296 Å². The first-order chi connectivity index (χ1) is 24.2. The van der Waals surface area contributed by atoms with Crippen LogP contribution in [0, 0.1) is 23.7 Å². The van der Waals surface area contributed by atoms with Gasteiger partial charge in [0.2, 0.25) is 5.91 Å². The van der Waals surface area contributed by atoms with Crippen molar-refractivity contribution in [1.82, 2.24) is 24.7 Å². The molecule has 1 atom stereocenters. The quantitative estimate of drug-likeness (QED) is 0.240. The summed E-state index contributed by atoms with van der Waals surface area (Å²) in [7, 11) is 4.19. The van der Waals surface area contributed by atoms with E-state index in [2.05, 4.69) is 41.6 Å². The summed E-state index contributed by atoms with van der Waals surface area (Å²) in [6.07, 6.45) is 14.5. The molecule has 1 saturated carbocycles. The zero-order valence-electron chi connectivity index (χ0n) is 29.7. The first kappa shape index (κ1) is 34.3. The second-order valence-corrected chi connectivity index (χ2v) is 15.1. The Balaban J connectivity index is 1.10. The number of amides is 1. The lowest BCUT2D eigenvalue weighted by molar-refractivity contribution is -0.126. The summed E-state index contributed by atoms with van der Waals surface area (Å²) in [6.45, 7) is 9.72. The molecule has 0 spiro atoms. The number of carbonyl (C=O) groups is 1. The predicted octanol–water partition coefficient (Wildman–Crippen LogP) is 4.79. The topological polar surface area (TPSA) is 94.5 Å². The van der Waals surface area contributed by atoms with Crippen LogP contribution in [0.2, 0.25) is 0 Å². The number of carbonyl (C=O) groups excluding carboxylic acids is 1. The molecule has 0 radical (unpaired) electrons. The number of fused-ring (bicyclic) bond motifs is 2. The van der Waals surface area contributed by atoms with Crippen LogP contribution in [0.1, 0.15) is 61.1 Å². The molecule has 1 aliphatic carbocycles. The molecule has 3 fully saturated rings. The molecule has 50 heavy (non-hydrogen) atoms. The zero-order chi connectivity index (χ0) is 34.8. The number of aromatic nitrogens is 2. The van der Waals surface area contributed by atoms with Crippen molar-refractivity contribution < 1.29 is 19.4 Å². The average Bonchev–Trinajstić information content (AvgIpc) is 3.88. The maximum Gasteiger partial charge on any atom is 0.318 e. The van der Waals surface area contributed by atoms with Gasteiger partial charge in [-0.15, -0.1) is 6.42 Å². The highest BCUT2D eigenvalue weighted by atomic mass is 16.5. The Kier molecular flexibility index (Phi) is 10.0. The third-order valence-corrected chi connectivity index (χ3v) is 10.9. The van der Waals surface area contributed by atoms with Gasteiger partial charge in [0.1, 0.15) is 11.6 Å². The van der Waals surface area contributed by atoms with E-state index in [0.717, 1.165) is 83.9 Å². The fraction of sp³-hybridized carbons (Fsp3) is 0.525. The van der Waals surface area contributed by atoms with E-state index in [-0.39, 0.29) is 23.2 Å². The molecule has 1 aromatic heterocycles. The minimum Gasteiger partial charge on any atom is -0.508 e. The van der Waals surface area contributed by atoms with E-state index in [1.807, 2.05) is 29.2 Å². The summed E-state index contributed by atoms with van der Waals surface area (Å²) in [5.41, 5.74) is 3.56. The largest absolute Gasteiger partial charge is 0.508 e. The lowest BCUT2D eigenvalue weighted by Crippen LogP contribution is -2.49. The van der Waals surface area contributed by atoms with Crippen molar-refractivity contribution in [2.24, 2.45) is 11.3 Å². The van der Waals surface area contributed by atoms with Gasteiger partial charge in [0.05, 0.1) is 25.0 Å². The van der Waals surface area contributed by atoms with Crippen LogP contribution in [0.25, 0.3) is 10.8 Å². The maximum atomic E-state index is 13.1. The predicted molar refractivity (Wildman–Crippen MR) is 195 cm³/mol. The number of nitrogens with zero attached hydrogens (tertiary/aromatic N) is 6. The molecule has 1 N–H and O–H groups in total. The molecule has 264 valence electrons. The van der Waals surface area contributed by atoms with E-state index < -0.39 is 0 Å². The van der Waals surface area contributed by atoms with E-state index >= 15 is 0 Å². The summed E-state index contributed by atoms with van der Waals surface area (Å²) >= 11 is 0. The van der Waals surface area contributed by atoms with Gasteiger partial charge >= 0.3 is 6.01 Å². The Hall–Kier alpha value is -4.17. The summed E-state index contributed by atoms with van der Waals surface area (Å²) in [5, 5.41) is 12.4. The lowest BCUT2D eigenvalue weighted by atomic mass is 9.92. The second-order valence-electron chi connectivity index (χ2n) is 15.1. The van der Waals surface area contributed by atoms with Crippen molar-refractivity contribution in [3.05, 3.63) is 64.9 Å². The number of ether oxygens (including phenoxy) is 2. The van der Waals surface area contributed by atoms with Gasteiger partial charge in [0.25, 0.3) is 0 Å². The molecule has 1 amide bonds. The van der Waals surface area contributed by atoms with Crippen molar-refractivity contribution in [2.75, 3.05) is 78.0 Å². The third-order valence-electron chi connectivity index (χ3n) is 10.9. The van der Waals surface area contributed by atoms with Crippen molar-refractivity contribution in [1.29, 1.82) is 0 Å². The number of phenolic OH excluding ortho intramolecular Hbond substituents is 1. The van der Waals surface area contributed by atoms with Crippen molar-refractivity contribution in [2.45, 2.75) is 51.7 Å². The number of terminal acetylenes is 1. The number of phenols is 1. The van der Waals surface area contributed by atoms with E-state index in [9.17, 15) is 9.90 Å². The van der Waals surface area contributed by atoms with Crippen LogP contribution in [0.5, 0.6) is 11.8 Å². The summed E-state index contributed by atoms with van der Waals surface area (Å²) in [4.78, 5) is 31.9. The highest BCUT2D eigenvalue weighted by Gasteiger charge is 2.44. The number of piperidine rings is 1. The first-order valence-corrected chi connectivity index (χ1v) is 18.1.